The zero-order valence-corrected chi connectivity index (χ0v) is 18.6. The van der Waals surface area contributed by atoms with E-state index in [0.29, 0.717) is 17.5 Å². The van der Waals surface area contributed by atoms with Gasteiger partial charge in [0.15, 0.2) is 11.0 Å². The molecule has 0 unspecified atom stereocenters. The second-order valence-electron chi connectivity index (χ2n) is 7.39. The van der Waals surface area contributed by atoms with Gasteiger partial charge in [-0.3, -0.25) is 9.59 Å². The summed E-state index contributed by atoms with van der Waals surface area (Å²) in [7, 11) is 2.04. The number of benzene rings is 1. The number of aromatic nitrogens is 3. The van der Waals surface area contributed by atoms with E-state index >= 15 is 0 Å². The van der Waals surface area contributed by atoms with Gasteiger partial charge in [0.2, 0.25) is 5.91 Å². The third-order valence-electron chi connectivity index (χ3n) is 5.09. The second kappa shape index (κ2) is 10.5. The van der Waals surface area contributed by atoms with E-state index in [-0.39, 0.29) is 17.2 Å². The van der Waals surface area contributed by atoms with E-state index in [2.05, 4.69) is 27.0 Å². The highest BCUT2D eigenvalue weighted by atomic mass is 32.2. The molecule has 1 fully saturated rings. The van der Waals surface area contributed by atoms with E-state index in [9.17, 15) is 14.0 Å². The first-order valence-electron chi connectivity index (χ1n) is 10.1. The standard InChI is InChI=1S/C21H27FN6O2S/c1-4-9-28-19(15(2)23-20(30)16-7-5-6-8-17(16)22)24-25-21(28)31-14-18(29)27-12-10-26(3)11-13-27/h4-8,15H,1,9-14H2,2-3H3,(H,23,30)/t15-/m1/s1. The highest BCUT2D eigenvalue weighted by Crippen LogP contribution is 2.22. The van der Waals surface area contributed by atoms with Gasteiger partial charge in [0.1, 0.15) is 5.82 Å². The monoisotopic (exact) mass is 446 g/mol. The van der Waals surface area contributed by atoms with Gasteiger partial charge < -0.3 is 19.7 Å². The molecule has 0 aliphatic carbocycles. The van der Waals surface area contributed by atoms with Crippen LogP contribution in [0.15, 0.2) is 42.1 Å². The van der Waals surface area contributed by atoms with Gasteiger partial charge in [-0.05, 0) is 26.1 Å². The zero-order valence-electron chi connectivity index (χ0n) is 17.8. The number of hydrogen-bond acceptors (Lipinski definition) is 6. The fourth-order valence-corrected chi connectivity index (χ4v) is 4.14. The highest BCUT2D eigenvalue weighted by Gasteiger charge is 2.23. The Morgan fingerprint density at radius 2 is 1.97 bits per heavy atom. The van der Waals surface area contributed by atoms with Crippen LogP contribution in [-0.4, -0.2) is 75.4 Å². The Labute approximate surface area is 185 Å². The van der Waals surface area contributed by atoms with Crippen LogP contribution >= 0.6 is 11.8 Å². The number of nitrogens with one attached hydrogen (secondary N) is 1. The Morgan fingerprint density at radius 3 is 2.65 bits per heavy atom. The SMILES string of the molecule is C=CCn1c(SCC(=O)N2CCN(C)CC2)nnc1[C@@H](C)NC(=O)c1ccccc1F. The van der Waals surface area contributed by atoms with Gasteiger partial charge in [0, 0.05) is 32.7 Å². The summed E-state index contributed by atoms with van der Waals surface area (Å²) in [6.07, 6.45) is 1.70. The maximum absolute atomic E-state index is 13.9. The number of nitrogens with zero attached hydrogens (tertiary/aromatic N) is 5. The molecule has 1 saturated heterocycles. The molecular formula is C21H27FN6O2S. The Kier molecular flexibility index (Phi) is 7.80. The number of amides is 2. The number of thioether (sulfide) groups is 1. The quantitative estimate of drug-likeness (QED) is 0.493. The van der Waals surface area contributed by atoms with Gasteiger partial charge in [0.25, 0.3) is 5.91 Å². The molecule has 1 aromatic carbocycles. The lowest BCUT2D eigenvalue weighted by Crippen LogP contribution is -2.47. The number of hydrogen-bond donors (Lipinski definition) is 1. The van der Waals surface area contributed by atoms with Crippen LogP contribution in [0.25, 0.3) is 0 Å². The van der Waals surface area contributed by atoms with E-state index in [4.69, 9.17) is 0 Å². The molecule has 0 saturated carbocycles. The molecule has 2 heterocycles. The maximum atomic E-state index is 13.9. The Hall–Kier alpha value is -2.72. The van der Waals surface area contributed by atoms with Gasteiger partial charge >= 0.3 is 0 Å². The Bertz CT molecular complexity index is 942. The first kappa shape index (κ1) is 23.0. The Balaban J connectivity index is 1.66. The number of piperazine rings is 1. The molecule has 2 amide bonds. The van der Waals surface area contributed by atoms with Crippen molar-refractivity contribution < 1.29 is 14.0 Å². The van der Waals surface area contributed by atoms with E-state index in [1.165, 1.54) is 30.0 Å². The molecule has 3 rings (SSSR count). The molecule has 0 bridgehead atoms. The van der Waals surface area contributed by atoms with Crippen molar-refractivity contribution in [3.05, 3.63) is 54.1 Å². The summed E-state index contributed by atoms with van der Waals surface area (Å²) in [5.74, 6) is -0.279. The van der Waals surface area contributed by atoms with E-state index < -0.39 is 17.8 Å². The lowest BCUT2D eigenvalue weighted by Gasteiger charge is -2.32. The van der Waals surface area contributed by atoms with Gasteiger partial charge in [-0.15, -0.1) is 16.8 Å². The van der Waals surface area contributed by atoms with Crippen LogP contribution in [0.2, 0.25) is 0 Å². The van der Waals surface area contributed by atoms with Crippen molar-refractivity contribution in [1.82, 2.24) is 29.9 Å². The molecule has 8 nitrogen and oxygen atoms in total. The van der Waals surface area contributed by atoms with Crippen molar-refractivity contribution in [2.45, 2.75) is 24.7 Å². The van der Waals surface area contributed by atoms with Gasteiger partial charge in [-0.2, -0.15) is 0 Å². The fraction of sp³-hybridized carbons (Fsp3) is 0.429. The summed E-state index contributed by atoms with van der Waals surface area (Å²) in [4.78, 5) is 29.0. The molecule has 1 aliphatic heterocycles. The van der Waals surface area contributed by atoms with Crippen LogP contribution in [0.5, 0.6) is 0 Å². The average Bonchev–Trinajstić information content (AvgIpc) is 3.15. The van der Waals surface area contributed by atoms with E-state index in [0.717, 1.165) is 26.2 Å². The van der Waals surface area contributed by atoms with Gasteiger partial charge in [-0.1, -0.05) is 30.0 Å². The van der Waals surface area contributed by atoms with E-state index in [1.54, 1.807) is 23.6 Å². The summed E-state index contributed by atoms with van der Waals surface area (Å²) in [6, 6.07) is 5.29. The minimum Gasteiger partial charge on any atom is -0.342 e. The van der Waals surface area contributed by atoms with Crippen molar-refractivity contribution in [1.29, 1.82) is 0 Å². The molecule has 0 radical (unpaired) electrons. The molecule has 166 valence electrons. The Morgan fingerprint density at radius 1 is 1.26 bits per heavy atom. The summed E-state index contributed by atoms with van der Waals surface area (Å²) in [5.41, 5.74) is -0.0310. The first-order valence-corrected chi connectivity index (χ1v) is 11.1. The molecule has 31 heavy (non-hydrogen) atoms. The van der Waals surface area contributed by atoms with Gasteiger partial charge in [0.05, 0.1) is 17.4 Å². The molecule has 0 spiro atoms. The van der Waals surface area contributed by atoms with Crippen LogP contribution in [0, 0.1) is 5.82 Å². The van der Waals surface area contributed by atoms with Crippen molar-refractivity contribution in [2.24, 2.45) is 0 Å². The largest absolute Gasteiger partial charge is 0.342 e. The summed E-state index contributed by atoms with van der Waals surface area (Å²) < 4.78 is 15.7. The number of carbonyl (C=O) groups excluding carboxylic acids is 2. The summed E-state index contributed by atoms with van der Waals surface area (Å²) in [5, 5.41) is 11.7. The number of rotatable bonds is 8. The molecule has 2 aromatic rings. The molecule has 1 atom stereocenters. The highest BCUT2D eigenvalue weighted by molar-refractivity contribution is 7.99. The van der Waals surface area contributed by atoms with Gasteiger partial charge in [-0.25, -0.2) is 4.39 Å². The minimum atomic E-state index is -0.585. The third kappa shape index (κ3) is 5.71. The number of allylic oxidation sites excluding steroid dienone is 1. The smallest absolute Gasteiger partial charge is 0.254 e. The predicted octanol–water partition coefficient (Wildman–Crippen LogP) is 1.96. The lowest BCUT2D eigenvalue weighted by molar-refractivity contribution is -0.129. The van der Waals surface area contributed by atoms with Crippen LogP contribution < -0.4 is 5.32 Å². The average molecular weight is 447 g/mol. The van der Waals surface area contributed by atoms with Crippen LogP contribution in [0.1, 0.15) is 29.1 Å². The predicted molar refractivity (Wildman–Crippen MR) is 117 cm³/mol. The normalized spacial score (nSPS) is 15.5. The van der Waals surface area contributed by atoms with Crippen molar-refractivity contribution >= 4 is 23.6 Å². The molecule has 10 heteroatoms. The number of carbonyl (C=O) groups is 2. The molecular weight excluding hydrogens is 419 g/mol. The van der Waals surface area contributed by atoms with Crippen LogP contribution in [-0.2, 0) is 11.3 Å². The first-order chi connectivity index (χ1) is 14.9. The van der Waals surface area contributed by atoms with Crippen molar-refractivity contribution in [2.75, 3.05) is 39.0 Å². The lowest BCUT2D eigenvalue weighted by atomic mass is 10.2. The summed E-state index contributed by atoms with van der Waals surface area (Å²) >= 11 is 1.31. The fourth-order valence-electron chi connectivity index (χ4n) is 3.29. The van der Waals surface area contributed by atoms with Crippen molar-refractivity contribution in [3.8, 4) is 0 Å². The van der Waals surface area contributed by atoms with Crippen LogP contribution in [0.4, 0.5) is 4.39 Å². The zero-order chi connectivity index (χ0) is 22.4. The molecule has 1 N–H and O–H groups in total. The molecule has 1 aliphatic rings. The number of halogens is 1. The van der Waals surface area contributed by atoms with E-state index in [1.807, 2.05) is 11.9 Å². The number of likely N-dealkylation sites (N-methyl/N-ethyl adjacent to an activating group) is 1. The summed E-state index contributed by atoms with van der Waals surface area (Å²) in [6.45, 7) is 9.13. The second-order valence-corrected chi connectivity index (χ2v) is 8.33. The van der Waals surface area contributed by atoms with Crippen LogP contribution in [0.3, 0.4) is 0 Å². The van der Waals surface area contributed by atoms with Crippen molar-refractivity contribution in [3.63, 3.8) is 0 Å². The molecule has 1 aromatic heterocycles. The topological polar surface area (TPSA) is 83.4 Å². The minimum absolute atomic E-state index is 0.0310. The maximum Gasteiger partial charge on any atom is 0.254 e. The third-order valence-corrected chi connectivity index (χ3v) is 6.04.